The van der Waals surface area contributed by atoms with E-state index in [4.69, 9.17) is 11.6 Å². The van der Waals surface area contributed by atoms with E-state index < -0.39 is 0 Å². The second-order valence-corrected chi connectivity index (χ2v) is 6.68. The van der Waals surface area contributed by atoms with Gasteiger partial charge in [-0.15, -0.1) is 11.6 Å². The Bertz CT molecular complexity index is 241. The Kier molecular flexibility index (Phi) is 5.78. The van der Waals surface area contributed by atoms with Crippen molar-refractivity contribution in [2.45, 2.75) is 65.3 Å². The first-order valence-electron chi connectivity index (χ1n) is 6.79. The second kappa shape index (κ2) is 6.63. The number of hydrogen-bond acceptors (Lipinski definition) is 1. The molecule has 0 bridgehead atoms. The molecule has 0 aromatic rings. The van der Waals surface area contributed by atoms with Crippen LogP contribution in [0.5, 0.6) is 0 Å². The van der Waals surface area contributed by atoms with Gasteiger partial charge in [0.1, 0.15) is 0 Å². The maximum atomic E-state index is 12.3. The van der Waals surface area contributed by atoms with Crippen molar-refractivity contribution in [3.8, 4) is 0 Å². The summed E-state index contributed by atoms with van der Waals surface area (Å²) in [5, 5.41) is 0. The summed E-state index contributed by atoms with van der Waals surface area (Å²) in [6, 6.07) is 0.442. The summed E-state index contributed by atoms with van der Waals surface area (Å²) in [6.45, 7) is 7.06. The van der Waals surface area contributed by atoms with Gasteiger partial charge in [-0.25, -0.2) is 0 Å². The highest BCUT2D eigenvalue weighted by atomic mass is 35.5. The summed E-state index contributed by atoms with van der Waals surface area (Å²) in [5.74, 6) is 0.830. The van der Waals surface area contributed by atoms with Crippen LogP contribution in [0.4, 0.5) is 0 Å². The molecule has 100 valence electrons. The summed E-state index contributed by atoms with van der Waals surface area (Å²) in [6.07, 6.45) is 6.77. The quantitative estimate of drug-likeness (QED) is 0.703. The fourth-order valence-corrected chi connectivity index (χ4v) is 2.73. The number of alkyl halides is 1. The number of amides is 1. The fourth-order valence-electron chi connectivity index (χ4n) is 2.55. The largest absolute Gasteiger partial charge is 0.339 e. The van der Waals surface area contributed by atoms with Gasteiger partial charge in [-0.05, 0) is 18.3 Å². The lowest BCUT2D eigenvalue weighted by molar-refractivity contribution is -0.135. The molecular formula is C14H26ClNO. The van der Waals surface area contributed by atoms with Gasteiger partial charge in [-0.3, -0.25) is 4.79 Å². The molecule has 0 atom stereocenters. The van der Waals surface area contributed by atoms with Gasteiger partial charge in [0.05, 0.1) is 0 Å². The average molecular weight is 260 g/mol. The van der Waals surface area contributed by atoms with Crippen molar-refractivity contribution in [3.05, 3.63) is 0 Å². The molecule has 0 saturated heterocycles. The normalized spacial score (nSPS) is 18.1. The molecule has 2 nitrogen and oxygen atoms in total. The minimum atomic E-state index is 0.0658. The molecule has 1 aliphatic carbocycles. The van der Waals surface area contributed by atoms with Crippen LogP contribution < -0.4 is 0 Å². The van der Waals surface area contributed by atoms with E-state index in [2.05, 4.69) is 20.8 Å². The number of hydrogen-bond donors (Lipinski definition) is 0. The van der Waals surface area contributed by atoms with Crippen LogP contribution in [-0.4, -0.2) is 29.3 Å². The molecule has 0 radical (unpaired) electrons. The van der Waals surface area contributed by atoms with Crippen LogP contribution in [0.3, 0.4) is 0 Å². The first-order valence-corrected chi connectivity index (χ1v) is 7.33. The van der Waals surface area contributed by atoms with E-state index in [9.17, 15) is 4.79 Å². The van der Waals surface area contributed by atoms with Gasteiger partial charge in [0.25, 0.3) is 0 Å². The molecule has 1 fully saturated rings. The first kappa shape index (κ1) is 14.8. The summed E-state index contributed by atoms with van der Waals surface area (Å²) in [5.41, 5.74) is 0.0658. The van der Waals surface area contributed by atoms with Crippen molar-refractivity contribution in [3.63, 3.8) is 0 Å². The number of carbonyl (C=O) groups is 1. The molecule has 0 N–H and O–H groups in total. The molecule has 0 spiro atoms. The molecule has 0 aromatic carbocycles. The minimum Gasteiger partial charge on any atom is -0.339 e. The topological polar surface area (TPSA) is 20.3 Å². The standard InChI is InChI=1S/C14H26ClNO/c1-14(2,3)11-13(17)16(10-9-15)12-7-5-4-6-8-12/h12H,4-11H2,1-3H3. The Morgan fingerprint density at radius 3 is 2.29 bits per heavy atom. The second-order valence-electron chi connectivity index (χ2n) is 6.31. The van der Waals surface area contributed by atoms with Crippen LogP contribution in [-0.2, 0) is 4.79 Å². The monoisotopic (exact) mass is 259 g/mol. The van der Waals surface area contributed by atoms with E-state index in [1.165, 1.54) is 19.3 Å². The van der Waals surface area contributed by atoms with Crippen LogP contribution >= 0.6 is 11.6 Å². The van der Waals surface area contributed by atoms with E-state index in [-0.39, 0.29) is 11.3 Å². The molecule has 0 aromatic heterocycles. The summed E-state index contributed by atoms with van der Waals surface area (Å²) < 4.78 is 0. The molecule has 1 rings (SSSR count). The van der Waals surface area contributed by atoms with Gasteiger partial charge in [0.15, 0.2) is 0 Å². The van der Waals surface area contributed by atoms with Crippen molar-refractivity contribution in [1.82, 2.24) is 4.90 Å². The van der Waals surface area contributed by atoms with Gasteiger partial charge in [0, 0.05) is 24.9 Å². The van der Waals surface area contributed by atoms with E-state index in [0.29, 0.717) is 24.9 Å². The highest BCUT2D eigenvalue weighted by molar-refractivity contribution is 6.18. The molecule has 0 aliphatic heterocycles. The number of halogens is 1. The minimum absolute atomic E-state index is 0.0658. The number of carbonyl (C=O) groups excluding carboxylic acids is 1. The number of nitrogens with zero attached hydrogens (tertiary/aromatic N) is 1. The van der Waals surface area contributed by atoms with Crippen LogP contribution in [0.15, 0.2) is 0 Å². The van der Waals surface area contributed by atoms with Crippen molar-refractivity contribution in [2.24, 2.45) is 5.41 Å². The Balaban J connectivity index is 2.60. The average Bonchev–Trinajstić information content (AvgIpc) is 2.24. The van der Waals surface area contributed by atoms with E-state index in [0.717, 1.165) is 12.8 Å². The van der Waals surface area contributed by atoms with E-state index in [1.54, 1.807) is 0 Å². The van der Waals surface area contributed by atoms with Crippen LogP contribution in [0, 0.1) is 5.41 Å². The molecular weight excluding hydrogens is 234 g/mol. The Labute approximate surface area is 111 Å². The van der Waals surface area contributed by atoms with Gasteiger partial charge in [0.2, 0.25) is 5.91 Å². The lowest BCUT2D eigenvalue weighted by Crippen LogP contribution is -2.43. The van der Waals surface area contributed by atoms with Crippen molar-refractivity contribution < 1.29 is 4.79 Å². The third-order valence-electron chi connectivity index (χ3n) is 3.34. The molecule has 3 heteroatoms. The predicted molar refractivity (Wildman–Crippen MR) is 73.4 cm³/mol. The summed E-state index contributed by atoms with van der Waals surface area (Å²) in [4.78, 5) is 14.4. The summed E-state index contributed by atoms with van der Waals surface area (Å²) in [7, 11) is 0. The van der Waals surface area contributed by atoms with Gasteiger partial charge < -0.3 is 4.90 Å². The zero-order valence-electron chi connectivity index (χ0n) is 11.5. The predicted octanol–water partition coefficient (Wildman–Crippen LogP) is 3.82. The maximum Gasteiger partial charge on any atom is 0.223 e. The highest BCUT2D eigenvalue weighted by Gasteiger charge is 2.27. The van der Waals surface area contributed by atoms with Crippen molar-refractivity contribution in [1.29, 1.82) is 0 Å². The summed E-state index contributed by atoms with van der Waals surface area (Å²) >= 11 is 5.84. The zero-order chi connectivity index (χ0) is 12.9. The van der Waals surface area contributed by atoms with E-state index >= 15 is 0 Å². The maximum absolute atomic E-state index is 12.3. The third kappa shape index (κ3) is 5.29. The Hall–Kier alpha value is -0.240. The van der Waals surface area contributed by atoms with Gasteiger partial charge in [-0.2, -0.15) is 0 Å². The van der Waals surface area contributed by atoms with Gasteiger partial charge >= 0.3 is 0 Å². The van der Waals surface area contributed by atoms with Gasteiger partial charge in [-0.1, -0.05) is 40.0 Å². The van der Waals surface area contributed by atoms with E-state index in [1.807, 2.05) is 4.90 Å². The van der Waals surface area contributed by atoms with Crippen LogP contribution in [0.25, 0.3) is 0 Å². The smallest absolute Gasteiger partial charge is 0.223 e. The zero-order valence-corrected chi connectivity index (χ0v) is 12.2. The SMILES string of the molecule is CC(C)(C)CC(=O)N(CCCl)C1CCCCC1. The number of rotatable bonds is 4. The van der Waals surface area contributed by atoms with Crippen molar-refractivity contribution in [2.75, 3.05) is 12.4 Å². The van der Waals surface area contributed by atoms with Crippen LogP contribution in [0.1, 0.15) is 59.3 Å². The molecule has 1 amide bonds. The molecule has 0 unspecified atom stereocenters. The molecule has 1 saturated carbocycles. The van der Waals surface area contributed by atoms with Crippen molar-refractivity contribution >= 4 is 17.5 Å². The Morgan fingerprint density at radius 1 is 1.24 bits per heavy atom. The lowest BCUT2D eigenvalue weighted by atomic mass is 9.89. The highest BCUT2D eigenvalue weighted by Crippen LogP contribution is 2.26. The molecule has 17 heavy (non-hydrogen) atoms. The fraction of sp³-hybridized carbons (Fsp3) is 0.929. The molecule has 1 aliphatic rings. The third-order valence-corrected chi connectivity index (χ3v) is 3.51. The lowest BCUT2D eigenvalue weighted by Gasteiger charge is -2.35. The van der Waals surface area contributed by atoms with Crippen LogP contribution in [0.2, 0.25) is 0 Å². The molecule has 0 heterocycles. The Morgan fingerprint density at radius 2 is 1.82 bits per heavy atom. The first-order chi connectivity index (χ1) is 7.94.